The number of β-amino-alcohol motifs (C(OH)–C–C–N with tert-alkyl or cyclic N) is 1. The van der Waals surface area contributed by atoms with Crippen LogP contribution in [-0.2, 0) is 6.42 Å². The molecule has 8 nitrogen and oxygen atoms in total. The third-order valence-corrected chi connectivity index (χ3v) is 4.24. The Morgan fingerprint density at radius 3 is 2.72 bits per heavy atom. The van der Waals surface area contributed by atoms with E-state index in [9.17, 15) is 9.90 Å². The Kier molecular flexibility index (Phi) is 4.98. The van der Waals surface area contributed by atoms with Gasteiger partial charge in [-0.25, -0.2) is 9.97 Å². The molecule has 2 unspecified atom stereocenters. The summed E-state index contributed by atoms with van der Waals surface area (Å²) in [5, 5.41) is 20.5. The smallest absolute Gasteiger partial charge is 0.257 e. The van der Waals surface area contributed by atoms with Crippen LogP contribution in [0.25, 0.3) is 0 Å². The summed E-state index contributed by atoms with van der Waals surface area (Å²) >= 11 is 0. The first-order valence-electron chi connectivity index (χ1n) is 8.49. The molecule has 3 heterocycles. The van der Waals surface area contributed by atoms with Crippen molar-refractivity contribution in [1.82, 2.24) is 25.1 Å². The van der Waals surface area contributed by atoms with Gasteiger partial charge in [0.2, 0.25) is 5.95 Å². The quantitative estimate of drug-likeness (QED) is 0.747. The first-order valence-corrected chi connectivity index (χ1v) is 8.49. The summed E-state index contributed by atoms with van der Waals surface area (Å²) in [6.07, 6.45) is 3.14. The molecule has 1 fully saturated rings. The Labute approximate surface area is 146 Å². The monoisotopic (exact) mass is 344 g/mol. The van der Waals surface area contributed by atoms with E-state index in [2.05, 4.69) is 25.5 Å². The zero-order valence-electron chi connectivity index (χ0n) is 14.7. The maximum atomic E-state index is 12.6. The van der Waals surface area contributed by atoms with Crippen molar-refractivity contribution >= 4 is 11.9 Å². The van der Waals surface area contributed by atoms with Gasteiger partial charge in [0.1, 0.15) is 0 Å². The molecular formula is C17H24N6O2. The van der Waals surface area contributed by atoms with Gasteiger partial charge in [-0.05, 0) is 33.3 Å². The van der Waals surface area contributed by atoms with Crippen LogP contribution >= 0.6 is 0 Å². The third-order valence-electron chi connectivity index (χ3n) is 4.24. The van der Waals surface area contributed by atoms with Gasteiger partial charge < -0.3 is 15.3 Å². The number of aromatic amines is 1. The number of aryl methyl sites for hydroxylation is 1. The van der Waals surface area contributed by atoms with E-state index in [1.807, 2.05) is 26.8 Å². The van der Waals surface area contributed by atoms with E-state index >= 15 is 0 Å². The molecule has 0 aliphatic carbocycles. The van der Waals surface area contributed by atoms with Crippen molar-refractivity contribution in [1.29, 1.82) is 0 Å². The van der Waals surface area contributed by atoms with Gasteiger partial charge in [-0.2, -0.15) is 5.10 Å². The minimum Gasteiger partial charge on any atom is -0.391 e. The Hall–Kier alpha value is -2.48. The fourth-order valence-electron chi connectivity index (χ4n) is 3.02. The molecule has 3 rings (SSSR count). The molecule has 0 spiro atoms. The van der Waals surface area contributed by atoms with Gasteiger partial charge in [0.25, 0.3) is 5.91 Å². The number of carbonyl (C=O) groups excluding carboxylic acids is 1. The molecule has 2 atom stereocenters. The van der Waals surface area contributed by atoms with Gasteiger partial charge in [-0.15, -0.1) is 0 Å². The predicted molar refractivity (Wildman–Crippen MR) is 93.2 cm³/mol. The molecule has 134 valence electrons. The van der Waals surface area contributed by atoms with Gasteiger partial charge in [-0.3, -0.25) is 9.89 Å². The number of likely N-dealkylation sites (tertiary alicyclic amines) is 1. The number of anilines is 1. The summed E-state index contributed by atoms with van der Waals surface area (Å²) in [5.41, 5.74) is 2.32. The number of aliphatic hydroxyl groups excluding tert-OH is 1. The maximum absolute atomic E-state index is 12.6. The molecule has 0 radical (unpaired) electrons. The minimum absolute atomic E-state index is 0.0190. The van der Waals surface area contributed by atoms with E-state index in [1.165, 1.54) is 12.4 Å². The molecule has 3 N–H and O–H groups in total. The first kappa shape index (κ1) is 17.3. The second-order valence-electron chi connectivity index (χ2n) is 6.88. The SMILES string of the molecule is Cc1cc(CC2CN(C(=O)c3cnc(NC(C)C)nc3)CC2O)n[nH]1. The van der Waals surface area contributed by atoms with Crippen molar-refractivity contribution < 1.29 is 9.90 Å². The number of hydrogen-bond donors (Lipinski definition) is 3. The standard InChI is InChI=1S/C17H24N6O2/c1-10(2)20-17-18-6-13(7-19-17)16(25)23-8-12(15(24)9-23)5-14-4-11(3)21-22-14/h4,6-7,10,12,15,24H,5,8-9H2,1-3H3,(H,21,22)(H,18,19,20). The molecule has 2 aromatic heterocycles. The number of H-pyrrole nitrogens is 1. The van der Waals surface area contributed by atoms with Gasteiger partial charge in [-0.1, -0.05) is 0 Å². The fraction of sp³-hybridized carbons (Fsp3) is 0.529. The van der Waals surface area contributed by atoms with Crippen molar-refractivity contribution in [3.63, 3.8) is 0 Å². The fourth-order valence-corrected chi connectivity index (χ4v) is 3.02. The molecule has 1 amide bonds. The minimum atomic E-state index is -0.552. The Bertz CT molecular complexity index is 727. The summed E-state index contributed by atoms with van der Waals surface area (Å²) in [7, 11) is 0. The number of rotatable bonds is 5. The Morgan fingerprint density at radius 1 is 1.40 bits per heavy atom. The number of aromatic nitrogens is 4. The van der Waals surface area contributed by atoms with Gasteiger partial charge in [0.05, 0.1) is 17.4 Å². The van der Waals surface area contributed by atoms with Crippen LogP contribution in [0.4, 0.5) is 5.95 Å². The van der Waals surface area contributed by atoms with Gasteiger partial charge >= 0.3 is 0 Å². The van der Waals surface area contributed by atoms with Crippen LogP contribution in [-0.4, -0.2) is 61.3 Å². The van der Waals surface area contributed by atoms with Gasteiger partial charge in [0, 0.05) is 43.1 Å². The number of nitrogens with zero attached hydrogens (tertiary/aromatic N) is 4. The number of amides is 1. The van der Waals surface area contributed by atoms with Crippen molar-refractivity contribution in [3.8, 4) is 0 Å². The normalized spacial score (nSPS) is 20.3. The largest absolute Gasteiger partial charge is 0.391 e. The van der Waals surface area contributed by atoms with Crippen LogP contribution in [0.3, 0.4) is 0 Å². The Balaban J connectivity index is 1.63. The molecule has 1 aliphatic heterocycles. The van der Waals surface area contributed by atoms with Crippen LogP contribution in [0, 0.1) is 12.8 Å². The van der Waals surface area contributed by atoms with E-state index < -0.39 is 6.10 Å². The van der Waals surface area contributed by atoms with Crippen molar-refractivity contribution in [2.45, 2.75) is 39.3 Å². The van der Waals surface area contributed by atoms with Crippen molar-refractivity contribution in [2.75, 3.05) is 18.4 Å². The second kappa shape index (κ2) is 7.18. The lowest BCUT2D eigenvalue weighted by Crippen LogP contribution is -2.30. The van der Waals surface area contributed by atoms with E-state index in [-0.39, 0.29) is 17.9 Å². The molecule has 1 saturated heterocycles. The highest BCUT2D eigenvalue weighted by molar-refractivity contribution is 5.94. The van der Waals surface area contributed by atoms with Crippen LogP contribution in [0.15, 0.2) is 18.5 Å². The molecule has 2 aromatic rings. The maximum Gasteiger partial charge on any atom is 0.257 e. The van der Waals surface area contributed by atoms with Crippen molar-refractivity contribution in [3.05, 3.63) is 35.4 Å². The lowest BCUT2D eigenvalue weighted by Gasteiger charge is -2.16. The van der Waals surface area contributed by atoms with Crippen LogP contribution in [0.1, 0.15) is 35.6 Å². The van der Waals surface area contributed by atoms with E-state index in [1.54, 1.807) is 4.90 Å². The average Bonchev–Trinajstić information content (AvgIpc) is 3.13. The van der Waals surface area contributed by atoms with Gasteiger partial charge in [0.15, 0.2) is 0 Å². The average molecular weight is 344 g/mol. The second-order valence-corrected chi connectivity index (χ2v) is 6.88. The summed E-state index contributed by atoms with van der Waals surface area (Å²) in [4.78, 5) is 22.6. The number of nitrogens with one attached hydrogen (secondary N) is 2. The molecule has 25 heavy (non-hydrogen) atoms. The summed E-state index contributed by atoms with van der Waals surface area (Å²) < 4.78 is 0. The third kappa shape index (κ3) is 4.14. The number of carbonyl (C=O) groups is 1. The predicted octanol–water partition coefficient (Wildman–Crippen LogP) is 1.00. The molecule has 0 aromatic carbocycles. The highest BCUT2D eigenvalue weighted by Gasteiger charge is 2.35. The summed E-state index contributed by atoms with van der Waals surface area (Å²) in [5.74, 6) is 0.324. The highest BCUT2D eigenvalue weighted by Crippen LogP contribution is 2.22. The summed E-state index contributed by atoms with van der Waals surface area (Å²) in [6.45, 7) is 6.75. The molecule has 8 heteroatoms. The zero-order valence-corrected chi connectivity index (χ0v) is 14.7. The lowest BCUT2D eigenvalue weighted by molar-refractivity contribution is 0.0764. The van der Waals surface area contributed by atoms with Crippen LogP contribution in [0.5, 0.6) is 0 Å². The number of aliphatic hydroxyl groups is 1. The topological polar surface area (TPSA) is 107 Å². The van der Waals surface area contributed by atoms with E-state index in [0.717, 1.165) is 11.4 Å². The molecule has 0 bridgehead atoms. The van der Waals surface area contributed by atoms with E-state index in [0.29, 0.717) is 31.0 Å². The van der Waals surface area contributed by atoms with Crippen molar-refractivity contribution in [2.24, 2.45) is 5.92 Å². The zero-order chi connectivity index (χ0) is 18.0. The van der Waals surface area contributed by atoms with Crippen LogP contribution < -0.4 is 5.32 Å². The van der Waals surface area contributed by atoms with Crippen LogP contribution in [0.2, 0.25) is 0 Å². The van der Waals surface area contributed by atoms with E-state index in [4.69, 9.17) is 0 Å². The lowest BCUT2D eigenvalue weighted by atomic mass is 10.0. The summed E-state index contributed by atoms with van der Waals surface area (Å²) in [6, 6.07) is 2.19. The highest BCUT2D eigenvalue weighted by atomic mass is 16.3. The Morgan fingerprint density at radius 2 is 2.12 bits per heavy atom. The number of hydrogen-bond acceptors (Lipinski definition) is 6. The molecular weight excluding hydrogens is 320 g/mol. The first-order chi connectivity index (χ1) is 11.9. The molecule has 0 saturated carbocycles. The molecule has 1 aliphatic rings.